The van der Waals surface area contributed by atoms with Crippen LogP contribution in [0, 0.1) is 12.7 Å². The van der Waals surface area contributed by atoms with Gasteiger partial charge in [0.15, 0.2) is 5.69 Å². The Morgan fingerprint density at radius 1 is 1.28 bits per heavy atom. The second-order valence-electron chi connectivity index (χ2n) is 8.18. The summed E-state index contributed by atoms with van der Waals surface area (Å²) in [5.74, 6) is -1.10. The summed E-state index contributed by atoms with van der Waals surface area (Å²) < 4.78 is 16.1. The Bertz CT molecular complexity index is 979. The van der Waals surface area contributed by atoms with Gasteiger partial charge >= 0.3 is 0 Å². The number of nitrogens with one attached hydrogen (secondary N) is 1. The minimum atomic E-state index is -0.628. The average Bonchev–Trinajstić information content (AvgIpc) is 2.87. The molecule has 0 spiro atoms. The van der Waals surface area contributed by atoms with Crippen molar-refractivity contribution in [2.45, 2.75) is 70.6 Å². The predicted molar refractivity (Wildman–Crippen MR) is 113 cm³/mol. The Labute approximate surface area is 175 Å². The van der Waals surface area contributed by atoms with E-state index in [4.69, 9.17) is 0 Å². The molecule has 0 radical (unpaired) electrons. The topological polar surface area (TPSA) is 67.2 Å². The largest absolute Gasteiger partial charge is 0.348 e. The number of benzene rings is 1. The van der Waals surface area contributed by atoms with Crippen molar-refractivity contribution in [1.29, 1.82) is 0 Å². The molecule has 29 heavy (non-hydrogen) atoms. The summed E-state index contributed by atoms with van der Waals surface area (Å²) in [7, 11) is 2.14. The molecular formula is C21H28ClFN4O2. The summed E-state index contributed by atoms with van der Waals surface area (Å²) in [6.45, 7) is 4.32. The summed E-state index contributed by atoms with van der Waals surface area (Å²) >= 11 is 0. The third kappa shape index (κ3) is 3.78. The summed E-state index contributed by atoms with van der Waals surface area (Å²) in [6.07, 6.45) is 4.82. The minimum Gasteiger partial charge on any atom is -0.348 e. The molecule has 0 aliphatic carbocycles. The molecule has 2 aromatic rings. The van der Waals surface area contributed by atoms with E-state index in [1.165, 1.54) is 6.07 Å². The van der Waals surface area contributed by atoms with Crippen molar-refractivity contribution in [1.82, 2.24) is 20.0 Å². The predicted octanol–water partition coefficient (Wildman–Crippen LogP) is 3.03. The molecule has 8 heteroatoms. The molecule has 6 nitrogen and oxygen atoms in total. The third-order valence-electron chi connectivity index (χ3n) is 6.33. The van der Waals surface area contributed by atoms with Crippen molar-refractivity contribution in [3.05, 3.63) is 39.4 Å². The van der Waals surface area contributed by atoms with Gasteiger partial charge in [0.05, 0.1) is 10.9 Å². The first-order valence-electron chi connectivity index (χ1n) is 10.1. The molecule has 4 rings (SSSR count). The van der Waals surface area contributed by atoms with E-state index >= 15 is 0 Å². The van der Waals surface area contributed by atoms with Gasteiger partial charge in [0, 0.05) is 24.7 Å². The quantitative estimate of drug-likeness (QED) is 0.822. The van der Waals surface area contributed by atoms with Crippen molar-refractivity contribution < 1.29 is 9.18 Å². The first-order chi connectivity index (χ1) is 13.4. The monoisotopic (exact) mass is 422 g/mol. The lowest BCUT2D eigenvalue weighted by Crippen LogP contribution is -2.49. The van der Waals surface area contributed by atoms with Gasteiger partial charge in [0.25, 0.3) is 5.91 Å². The smallest absolute Gasteiger partial charge is 0.276 e. The first-order valence-corrected chi connectivity index (χ1v) is 10.1. The van der Waals surface area contributed by atoms with Crippen LogP contribution in [0.5, 0.6) is 0 Å². The van der Waals surface area contributed by atoms with Gasteiger partial charge in [-0.1, -0.05) is 13.0 Å². The molecule has 1 aromatic carbocycles. The van der Waals surface area contributed by atoms with Gasteiger partial charge in [0.2, 0.25) is 5.43 Å². The second-order valence-corrected chi connectivity index (χ2v) is 8.18. The van der Waals surface area contributed by atoms with Crippen LogP contribution in [-0.2, 0) is 6.54 Å². The van der Waals surface area contributed by atoms with Gasteiger partial charge in [-0.25, -0.2) is 4.39 Å². The Morgan fingerprint density at radius 3 is 2.55 bits per heavy atom. The summed E-state index contributed by atoms with van der Waals surface area (Å²) in [4.78, 5) is 28.3. The molecular weight excluding hydrogens is 395 g/mol. The number of nitrogens with zero attached hydrogens (tertiary/aromatic N) is 3. The van der Waals surface area contributed by atoms with Gasteiger partial charge in [-0.15, -0.1) is 12.4 Å². The summed E-state index contributed by atoms with van der Waals surface area (Å²) in [5.41, 5.74) is 0.405. The molecule has 2 atom stereocenters. The van der Waals surface area contributed by atoms with Crippen LogP contribution in [0.1, 0.15) is 55.1 Å². The number of amides is 1. The number of hydrogen-bond acceptors (Lipinski definition) is 4. The van der Waals surface area contributed by atoms with E-state index < -0.39 is 17.2 Å². The maximum absolute atomic E-state index is 14.5. The van der Waals surface area contributed by atoms with Gasteiger partial charge < -0.3 is 10.2 Å². The number of fused-ring (bicyclic) bond motifs is 3. The molecule has 2 fully saturated rings. The summed E-state index contributed by atoms with van der Waals surface area (Å²) in [6, 6.07) is 3.90. The highest BCUT2D eigenvalue weighted by molar-refractivity contribution is 5.96. The Morgan fingerprint density at radius 2 is 1.93 bits per heavy atom. The van der Waals surface area contributed by atoms with Crippen molar-refractivity contribution in [3.63, 3.8) is 0 Å². The van der Waals surface area contributed by atoms with Crippen LogP contribution in [0.15, 0.2) is 16.9 Å². The third-order valence-corrected chi connectivity index (χ3v) is 6.33. The number of carbonyl (C=O) groups excluding carboxylic acids is 1. The number of aryl methyl sites for hydroxylation is 2. The van der Waals surface area contributed by atoms with E-state index in [-0.39, 0.29) is 29.5 Å². The molecule has 1 N–H and O–H groups in total. The van der Waals surface area contributed by atoms with Gasteiger partial charge in [0.1, 0.15) is 5.82 Å². The summed E-state index contributed by atoms with van der Waals surface area (Å²) in [5, 5.41) is 7.30. The van der Waals surface area contributed by atoms with E-state index in [9.17, 15) is 14.0 Å². The van der Waals surface area contributed by atoms with Crippen molar-refractivity contribution in [2.75, 3.05) is 7.05 Å². The zero-order valence-electron chi connectivity index (χ0n) is 17.1. The van der Waals surface area contributed by atoms with Crippen LogP contribution in [0.4, 0.5) is 4.39 Å². The highest BCUT2D eigenvalue weighted by Crippen LogP contribution is 2.34. The van der Waals surface area contributed by atoms with Crippen molar-refractivity contribution in [3.8, 4) is 0 Å². The highest BCUT2D eigenvalue weighted by atomic mass is 35.5. The van der Waals surface area contributed by atoms with Crippen molar-refractivity contribution >= 4 is 29.2 Å². The number of hydrogen-bond donors (Lipinski definition) is 1. The van der Waals surface area contributed by atoms with E-state index in [2.05, 4.69) is 22.4 Å². The number of aromatic nitrogens is 2. The Balaban J connectivity index is 0.00000240. The fraction of sp³-hybridized carbons (Fsp3) is 0.571. The maximum Gasteiger partial charge on any atom is 0.276 e. The standard InChI is InChI=1S/C21H27FN4O2.ClH/c1-4-9-26-19-12(2)5-8-16(22)17(19)20(27)18(24-26)21(28)23-13-10-14-6-7-15(11-13)25(14)3;/h5,8,13-15H,4,6-7,9-11H2,1-3H3,(H,23,28);1H. The lowest BCUT2D eigenvalue weighted by atomic mass is 9.98. The van der Waals surface area contributed by atoms with Crippen LogP contribution in [0.2, 0.25) is 0 Å². The lowest BCUT2D eigenvalue weighted by Gasteiger charge is -2.36. The molecule has 1 amide bonds. The highest BCUT2D eigenvalue weighted by Gasteiger charge is 2.39. The van der Waals surface area contributed by atoms with Crippen LogP contribution < -0.4 is 10.7 Å². The van der Waals surface area contributed by atoms with Crippen LogP contribution in [-0.4, -0.2) is 45.8 Å². The Kier molecular flexibility index (Phi) is 6.29. The second kappa shape index (κ2) is 8.40. The van der Waals surface area contributed by atoms with Crippen molar-refractivity contribution in [2.24, 2.45) is 0 Å². The molecule has 2 bridgehead atoms. The van der Waals surface area contributed by atoms with Crippen LogP contribution >= 0.6 is 12.4 Å². The van der Waals surface area contributed by atoms with Gasteiger partial charge in [-0.05, 0) is 57.7 Å². The lowest BCUT2D eigenvalue weighted by molar-refractivity contribution is 0.0874. The zero-order chi connectivity index (χ0) is 20.0. The Hall–Kier alpha value is -1.99. The maximum atomic E-state index is 14.5. The van der Waals surface area contributed by atoms with Gasteiger partial charge in [-0.2, -0.15) is 5.10 Å². The normalized spacial score (nSPS) is 23.8. The minimum absolute atomic E-state index is 0. The van der Waals surface area contributed by atoms with E-state index in [0.29, 0.717) is 24.1 Å². The van der Waals surface area contributed by atoms with E-state index in [1.54, 1.807) is 10.7 Å². The number of rotatable bonds is 4. The van der Waals surface area contributed by atoms with E-state index in [0.717, 1.165) is 37.7 Å². The molecule has 1 aromatic heterocycles. The number of halogens is 2. The molecule has 2 aliphatic rings. The molecule has 3 heterocycles. The van der Waals surface area contributed by atoms with Gasteiger partial charge in [-0.3, -0.25) is 14.3 Å². The SMILES string of the molecule is CCCn1nc(C(=O)NC2CC3CCC(C2)N3C)c(=O)c2c(F)ccc(C)c21.Cl. The zero-order valence-corrected chi connectivity index (χ0v) is 17.9. The molecule has 2 saturated heterocycles. The average molecular weight is 423 g/mol. The first kappa shape index (κ1) is 21.7. The van der Waals surface area contributed by atoms with Crippen LogP contribution in [0.25, 0.3) is 10.9 Å². The molecule has 0 saturated carbocycles. The fourth-order valence-electron chi connectivity index (χ4n) is 4.86. The fourth-order valence-corrected chi connectivity index (χ4v) is 4.86. The molecule has 2 unspecified atom stereocenters. The van der Waals surface area contributed by atoms with E-state index in [1.807, 2.05) is 13.8 Å². The number of carbonyl (C=O) groups is 1. The number of piperidine rings is 1. The molecule has 158 valence electrons. The molecule has 2 aliphatic heterocycles. The van der Waals surface area contributed by atoms with Crippen LogP contribution in [0.3, 0.4) is 0 Å².